The second-order valence-corrected chi connectivity index (χ2v) is 6.26. The highest BCUT2D eigenvalue weighted by Gasteiger charge is 2.33. The molecule has 3 heterocycles. The highest BCUT2D eigenvalue weighted by molar-refractivity contribution is 5.92. The van der Waals surface area contributed by atoms with Gasteiger partial charge in [-0.05, 0) is 50.1 Å². The third-order valence-corrected chi connectivity index (χ3v) is 4.62. The first-order valence-electron chi connectivity index (χ1n) is 8.68. The minimum absolute atomic E-state index is 0.0977. The number of rotatable bonds is 4. The van der Waals surface area contributed by atoms with Crippen LogP contribution in [-0.4, -0.2) is 42.3 Å². The molecule has 4 rings (SSSR count). The van der Waals surface area contributed by atoms with Crippen LogP contribution in [0.25, 0.3) is 11.4 Å². The Morgan fingerprint density at radius 1 is 1.31 bits per heavy atom. The van der Waals surface area contributed by atoms with Crippen LogP contribution in [0.4, 0.5) is 4.39 Å². The Balaban J connectivity index is 1.57. The Hall–Kier alpha value is -3.03. The van der Waals surface area contributed by atoms with Crippen LogP contribution < -0.4 is 0 Å². The van der Waals surface area contributed by atoms with Crippen LogP contribution in [0.5, 0.6) is 0 Å². The highest BCUT2D eigenvalue weighted by Crippen LogP contribution is 2.31. The van der Waals surface area contributed by atoms with Crippen molar-refractivity contribution in [3.05, 3.63) is 53.9 Å². The van der Waals surface area contributed by atoms with Gasteiger partial charge in [0.25, 0.3) is 5.91 Å². The molecule has 26 heavy (non-hydrogen) atoms. The number of hydrogen-bond acceptors (Lipinski definition) is 4. The molecule has 1 fully saturated rings. The van der Waals surface area contributed by atoms with Gasteiger partial charge in [0.15, 0.2) is 5.82 Å². The van der Waals surface area contributed by atoms with E-state index in [1.165, 1.54) is 12.1 Å². The van der Waals surface area contributed by atoms with Crippen molar-refractivity contribution in [1.29, 1.82) is 0 Å². The van der Waals surface area contributed by atoms with Crippen LogP contribution in [-0.2, 0) is 6.54 Å². The Bertz CT molecular complexity index is 916. The average molecular weight is 354 g/mol. The van der Waals surface area contributed by atoms with E-state index in [1.54, 1.807) is 34.0 Å². The quantitative estimate of drug-likeness (QED) is 0.781. The number of amides is 1. The van der Waals surface area contributed by atoms with Crippen LogP contribution in [0.15, 0.2) is 36.5 Å². The topological polar surface area (TPSA) is 79.7 Å². The van der Waals surface area contributed by atoms with Crippen LogP contribution in [0.2, 0.25) is 0 Å². The largest absolute Gasteiger partial charge is 0.327 e. The summed E-state index contributed by atoms with van der Waals surface area (Å²) in [6.07, 6.45) is 3.52. The number of nitrogens with zero attached hydrogens (tertiary/aromatic N) is 5. The van der Waals surface area contributed by atoms with Crippen molar-refractivity contribution in [2.75, 3.05) is 6.54 Å². The molecule has 1 N–H and O–H groups in total. The third kappa shape index (κ3) is 2.98. The summed E-state index contributed by atoms with van der Waals surface area (Å²) in [7, 11) is 0. The smallest absolute Gasteiger partial charge is 0.274 e. The number of aryl methyl sites for hydroxylation is 1. The molecule has 2 aromatic heterocycles. The van der Waals surface area contributed by atoms with E-state index in [2.05, 4.69) is 20.3 Å². The molecule has 1 aromatic carbocycles. The van der Waals surface area contributed by atoms with Crippen molar-refractivity contribution >= 4 is 5.91 Å². The van der Waals surface area contributed by atoms with Gasteiger partial charge in [-0.2, -0.15) is 10.2 Å². The number of H-pyrrole nitrogens is 1. The van der Waals surface area contributed by atoms with Crippen LogP contribution in [0.1, 0.15) is 42.1 Å². The molecule has 0 spiro atoms. The Morgan fingerprint density at radius 3 is 2.85 bits per heavy atom. The van der Waals surface area contributed by atoms with Crippen LogP contribution in [0.3, 0.4) is 0 Å². The van der Waals surface area contributed by atoms with Crippen molar-refractivity contribution in [1.82, 2.24) is 29.9 Å². The summed E-state index contributed by atoms with van der Waals surface area (Å²) in [4.78, 5) is 19.1. The number of nitrogens with one attached hydrogen (secondary N) is 1. The highest BCUT2D eigenvalue weighted by atomic mass is 19.1. The number of halogens is 1. The maximum atomic E-state index is 13.1. The van der Waals surface area contributed by atoms with E-state index in [1.807, 2.05) is 6.92 Å². The fourth-order valence-electron chi connectivity index (χ4n) is 3.24. The van der Waals surface area contributed by atoms with Gasteiger partial charge in [0.1, 0.15) is 17.3 Å². The Labute approximate surface area is 149 Å². The number of likely N-dealkylation sites (tertiary alicyclic amines) is 1. The van der Waals surface area contributed by atoms with Gasteiger partial charge in [0, 0.05) is 24.8 Å². The summed E-state index contributed by atoms with van der Waals surface area (Å²) in [6, 6.07) is 7.61. The zero-order valence-electron chi connectivity index (χ0n) is 14.4. The molecule has 3 aromatic rings. The molecule has 7 nitrogen and oxygen atoms in total. The lowest BCUT2D eigenvalue weighted by atomic mass is 10.2. The molecule has 1 atom stereocenters. The van der Waals surface area contributed by atoms with Gasteiger partial charge in [0.05, 0.1) is 6.04 Å². The van der Waals surface area contributed by atoms with Gasteiger partial charge in [-0.25, -0.2) is 9.37 Å². The molecule has 1 aliphatic rings. The first kappa shape index (κ1) is 16.4. The minimum atomic E-state index is -0.302. The van der Waals surface area contributed by atoms with E-state index in [0.29, 0.717) is 23.9 Å². The number of aromatic nitrogens is 5. The van der Waals surface area contributed by atoms with Crippen LogP contribution in [0, 0.1) is 5.82 Å². The molecule has 1 aliphatic heterocycles. The third-order valence-electron chi connectivity index (χ3n) is 4.62. The summed E-state index contributed by atoms with van der Waals surface area (Å²) in [5.41, 5.74) is 1.17. The van der Waals surface area contributed by atoms with E-state index < -0.39 is 0 Å². The summed E-state index contributed by atoms with van der Waals surface area (Å²) < 4.78 is 14.8. The monoisotopic (exact) mass is 354 g/mol. The lowest BCUT2D eigenvalue weighted by Gasteiger charge is -2.21. The van der Waals surface area contributed by atoms with Crippen molar-refractivity contribution < 1.29 is 9.18 Å². The molecule has 0 bridgehead atoms. The van der Waals surface area contributed by atoms with Crippen molar-refractivity contribution in [2.24, 2.45) is 0 Å². The SMILES string of the molecule is CCn1ccc(C(=O)N2CCC[C@H]2c2nc(-c3ccc(F)cc3)n[nH]2)n1. The first-order valence-corrected chi connectivity index (χ1v) is 8.68. The molecule has 8 heteroatoms. The molecule has 0 radical (unpaired) electrons. The zero-order valence-corrected chi connectivity index (χ0v) is 14.4. The van der Waals surface area contributed by atoms with Crippen LogP contribution >= 0.6 is 0 Å². The number of hydrogen-bond donors (Lipinski definition) is 1. The minimum Gasteiger partial charge on any atom is -0.327 e. The molecule has 0 unspecified atom stereocenters. The fraction of sp³-hybridized carbons (Fsp3) is 0.333. The number of carbonyl (C=O) groups is 1. The number of aromatic amines is 1. The standard InChI is InChI=1S/C18H19FN6O/c1-2-24-11-9-14(23-24)18(26)25-10-3-4-15(25)17-20-16(21-22-17)12-5-7-13(19)8-6-12/h5-9,11,15H,2-4,10H2,1H3,(H,20,21,22)/t15-/m0/s1. The van der Waals surface area contributed by atoms with Gasteiger partial charge in [0.2, 0.25) is 0 Å². The number of carbonyl (C=O) groups excluding carboxylic acids is 1. The van der Waals surface area contributed by atoms with E-state index in [4.69, 9.17) is 0 Å². The van der Waals surface area contributed by atoms with Gasteiger partial charge in [-0.1, -0.05) is 0 Å². The first-order chi connectivity index (χ1) is 12.7. The molecular formula is C18H19FN6O. The van der Waals surface area contributed by atoms with Gasteiger partial charge in [-0.3, -0.25) is 14.6 Å². The lowest BCUT2D eigenvalue weighted by molar-refractivity contribution is 0.0723. The predicted octanol–water partition coefficient (Wildman–Crippen LogP) is 2.80. The molecule has 0 aliphatic carbocycles. The average Bonchev–Trinajstić information content (AvgIpc) is 3.40. The van der Waals surface area contributed by atoms with E-state index in [0.717, 1.165) is 24.9 Å². The fourth-order valence-corrected chi connectivity index (χ4v) is 3.24. The van der Waals surface area contributed by atoms with Crippen molar-refractivity contribution in [3.63, 3.8) is 0 Å². The molecule has 0 saturated carbocycles. The van der Waals surface area contributed by atoms with E-state index in [-0.39, 0.29) is 17.8 Å². The lowest BCUT2D eigenvalue weighted by Crippen LogP contribution is -2.31. The van der Waals surface area contributed by atoms with Crippen molar-refractivity contribution in [2.45, 2.75) is 32.4 Å². The summed E-state index contributed by atoms with van der Waals surface area (Å²) in [5, 5.41) is 11.5. The van der Waals surface area contributed by atoms with Gasteiger partial charge in [-0.15, -0.1) is 0 Å². The Kier molecular flexibility index (Phi) is 4.24. The summed E-state index contributed by atoms with van der Waals surface area (Å²) >= 11 is 0. The normalized spacial score (nSPS) is 17.0. The van der Waals surface area contributed by atoms with Gasteiger partial charge >= 0.3 is 0 Å². The maximum Gasteiger partial charge on any atom is 0.274 e. The van der Waals surface area contributed by atoms with Gasteiger partial charge < -0.3 is 4.90 Å². The second kappa shape index (κ2) is 6.70. The summed E-state index contributed by atoms with van der Waals surface area (Å²) in [6.45, 7) is 3.36. The molecule has 134 valence electrons. The predicted molar refractivity (Wildman–Crippen MR) is 92.7 cm³/mol. The maximum absolute atomic E-state index is 13.1. The number of benzene rings is 1. The van der Waals surface area contributed by atoms with E-state index in [9.17, 15) is 9.18 Å². The van der Waals surface area contributed by atoms with Crippen molar-refractivity contribution in [3.8, 4) is 11.4 Å². The molecule has 1 amide bonds. The second-order valence-electron chi connectivity index (χ2n) is 6.26. The summed E-state index contributed by atoms with van der Waals surface area (Å²) in [5.74, 6) is 0.739. The molecular weight excluding hydrogens is 335 g/mol. The van der Waals surface area contributed by atoms with E-state index >= 15 is 0 Å². The zero-order chi connectivity index (χ0) is 18.1. The Morgan fingerprint density at radius 2 is 2.12 bits per heavy atom. The molecule has 1 saturated heterocycles.